The van der Waals surface area contributed by atoms with Gasteiger partial charge in [-0.3, -0.25) is 0 Å². The summed E-state index contributed by atoms with van der Waals surface area (Å²) in [5.74, 6) is 0. The van der Waals surface area contributed by atoms with Crippen LogP contribution in [0.3, 0.4) is 0 Å². The molecule has 0 radical (unpaired) electrons. The largest absolute Gasteiger partial charge is 1.00 e. The Bertz CT molecular complexity index is 2080. The Kier molecular flexibility index (Phi) is 10.5. The van der Waals surface area contributed by atoms with Gasteiger partial charge in [0.15, 0.2) is 0 Å². The van der Waals surface area contributed by atoms with Crippen molar-refractivity contribution < 1.29 is 46.1 Å². The van der Waals surface area contributed by atoms with Crippen molar-refractivity contribution in [2.45, 2.75) is 65.2 Å². The fraction of sp³-hybridized carbons (Fsp3) is 0.233. The van der Waals surface area contributed by atoms with Gasteiger partial charge in [0.1, 0.15) is 0 Å². The van der Waals surface area contributed by atoms with Crippen LogP contribution in [0.4, 0.5) is 0 Å². The van der Waals surface area contributed by atoms with Gasteiger partial charge in [0.2, 0.25) is 0 Å². The Balaban J connectivity index is 0.00000217. The SMILES string of the molecule is CC(C)(C)c1ccc2c(c1)-c1cc(C(C)(C)C)c[c](/[Zr+2]([C]3=CC=CC3)=[C](\c3cccc(Cl)c3)c3cccc4ccccc34)c1C2.[Cl-].[Cl-]. The smallest absolute Gasteiger partial charge is 1.00 e. The summed E-state index contributed by atoms with van der Waals surface area (Å²) >= 11 is 3.91. The van der Waals surface area contributed by atoms with Crippen LogP contribution < -0.4 is 28.1 Å². The first-order valence-electron chi connectivity index (χ1n) is 16.1. The van der Waals surface area contributed by atoms with Crippen molar-refractivity contribution in [3.63, 3.8) is 0 Å². The van der Waals surface area contributed by atoms with Crippen LogP contribution in [0, 0.1) is 0 Å². The fourth-order valence-corrected chi connectivity index (χ4v) is 15.3. The van der Waals surface area contributed by atoms with Gasteiger partial charge in [0.05, 0.1) is 0 Å². The molecule has 238 valence electrons. The zero-order valence-electron chi connectivity index (χ0n) is 28.0. The van der Waals surface area contributed by atoms with E-state index in [9.17, 15) is 0 Å². The molecule has 0 amide bonds. The molecule has 2 aliphatic carbocycles. The van der Waals surface area contributed by atoms with Crippen molar-refractivity contribution in [1.82, 2.24) is 0 Å². The number of hydrogen-bond donors (Lipinski definition) is 0. The molecule has 0 aromatic heterocycles. The third-order valence-electron chi connectivity index (χ3n) is 9.53. The molecule has 0 unspecified atom stereocenters. The van der Waals surface area contributed by atoms with Gasteiger partial charge >= 0.3 is 283 Å². The van der Waals surface area contributed by atoms with Crippen LogP contribution in [0.5, 0.6) is 0 Å². The Morgan fingerprint density at radius 2 is 1.40 bits per heavy atom. The van der Waals surface area contributed by atoms with Crippen molar-refractivity contribution >= 4 is 28.9 Å². The first-order valence-corrected chi connectivity index (χ1v) is 20.2. The van der Waals surface area contributed by atoms with Gasteiger partial charge in [0.25, 0.3) is 0 Å². The van der Waals surface area contributed by atoms with Gasteiger partial charge in [0, 0.05) is 0 Å². The van der Waals surface area contributed by atoms with Gasteiger partial charge in [-0.05, 0) is 0 Å². The monoisotopic (exact) mass is 752 g/mol. The third kappa shape index (κ3) is 6.85. The van der Waals surface area contributed by atoms with Crippen molar-refractivity contribution in [2.75, 3.05) is 0 Å². The molecule has 0 fully saturated rings. The maximum atomic E-state index is 6.78. The summed E-state index contributed by atoms with van der Waals surface area (Å²) in [6.45, 7) is 14.1. The minimum Gasteiger partial charge on any atom is -1.00 e. The van der Waals surface area contributed by atoms with Crippen molar-refractivity contribution in [2.24, 2.45) is 0 Å². The summed E-state index contributed by atoms with van der Waals surface area (Å²) in [5.41, 5.74) is 11.5. The van der Waals surface area contributed by atoms with Crippen LogP contribution in [-0.2, 0) is 38.5 Å². The molecular formula is C43H41Cl3Zr. The van der Waals surface area contributed by atoms with Gasteiger partial charge in [-0.25, -0.2) is 0 Å². The average molecular weight is 755 g/mol. The molecule has 47 heavy (non-hydrogen) atoms. The summed E-state index contributed by atoms with van der Waals surface area (Å²) in [4.78, 5) is 0. The molecule has 4 heteroatoms. The number of rotatable bonds is 4. The second-order valence-electron chi connectivity index (χ2n) is 14.7. The zero-order chi connectivity index (χ0) is 31.5. The van der Waals surface area contributed by atoms with Crippen LogP contribution in [0.25, 0.3) is 21.9 Å². The van der Waals surface area contributed by atoms with Crippen LogP contribution in [0.2, 0.25) is 5.02 Å². The molecular weight excluding hydrogens is 714 g/mol. The minimum atomic E-state index is -2.87. The average Bonchev–Trinajstić information content (AvgIpc) is 3.66. The number of fused-ring (bicyclic) bond motifs is 4. The number of allylic oxidation sites excluding steroid dienone is 4. The second-order valence-corrected chi connectivity index (χ2v) is 21.1. The van der Waals surface area contributed by atoms with Crippen LogP contribution in [0.15, 0.2) is 119 Å². The predicted molar refractivity (Wildman–Crippen MR) is 192 cm³/mol. The Labute approximate surface area is 305 Å². The topological polar surface area (TPSA) is 0 Å². The molecule has 5 aromatic rings. The van der Waals surface area contributed by atoms with E-state index in [0.717, 1.165) is 17.9 Å². The first-order chi connectivity index (χ1) is 21.5. The van der Waals surface area contributed by atoms with E-state index < -0.39 is 21.3 Å². The fourth-order valence-electron chi connectivity index (χ4n) is 7.02. The van der Waals surface area contributed by atoms with Gasteiger partial charge in [-0.2, -0.15) is 0 Å². The Morgan fingerprint density at radius 3 is 2.11 bits per heavy atom. The van der Waals surface area contributed by atoms with E-state index in [-0.39, 0.29) is 35.6 Å². The second kappa shape index (κ2) is 13.8. The van der Waals surface area contributed by atoms with E-state index in [2.05, 4.69) is 151 Å². The summed E-state index contributed by atoms with van der Waals surface area (Å²) in [7, 11) is 0. The van der Waals surface area contributed by atoms with Crippen LogP contribution >= 0.6 is 11.6 Å². The molecule has 2 aliphatic rings. The van der Waals surface area contributed by atoms with E-state index >= 15 is 0 Å². The summed E-state index contributed by atoms with van der Waals surface area (Å²) < 4.78 is 4.76. The molecule has 0 spiro atoms. The molecule has 0 aliphatic heterocycles. The maximum absolute atomic E-state index is 6.78. The quantitative estimate of drug-likeness (QED) is 0.237. The minimum absolute atomic E-state index is 0. The van der Waals surface area contributed by atoms with E-state index in [1.165, 1.54) is 52.9 Å². The van der Waals surface area contributed by atoms with E-state index in [0.29, 0.717) is 0 Å². The predicted octanol–water partition coefficient (Wildman–Crippen LogP) is 5.02. The van der Waals surface area contributed by atoms with E-state index in [4.69, 9.17) is 11.6 Å². The number of hydrogen-bond acceptors (Lipinski definition) is 0. The normalized spacial score (nSPS) is 13.8. The first kappa shape index (κ1) is 35.8. The standard InChI is InChI=1S/C21H25.C17H11Cl.C5H5.2ClH.Zr/c1-20(2,3)16-9-7-14-11-15-8-10-17(21(4,5)6)13-19(15)18(14)12-16;18-16-9-3-5-13(12-16)11-15-8-4-7-14-6-1-2-10-17(14)15;1-2-4-5-3-1;;;/h7,9-10,12-13H,11H2,1-6H3;1-10,12H;1-3H,4H2;2*1H;/q;;;;;+2/p-2. The summed E-state index contributed by atoms with van der Waals surface area (Å²) in [6, 6.07) is 36.8. The molecule has 0 saturated heterocycles. The van der Waals surface area contributed by atoms with Gasteiger partial charge < -0.3 is 24.8 Å². The molecule has 0 heterocycles. The maximum Gasteiger partial charge on any atom is -1.00 e. The van der Waals surface area contributed by atoms with Crippen molar-refractivity contribution in [1.29, 1.82) is 0 Å². The Morgan fingerprint density at radius 1 is 0.702 bits per heavy atom. The molecule has 0 N–H and O–H groups in total. The molecule has 7 rings (SSSR count). The molecule has 0 saturated carbocycles. The van der Waals surface area contributed by atoms with E-state index in [1.54, 1.807) is 12.1 Å². The number of halogens is 3. The van der Waals surface area contributed by atoms with Crippen LogP contribution in [0.1, 0.15) is 81.3 Å². The van der Waals surface area contributed by atoms with Crippen molar-refractivity contribution in [3.05, 3.63) is 157 Å². The number of benzene rings is 5. The Hall–Kier alpha value is -2.54. The van der Waals surface area contributed by atoms with Crippen molar-refractivity contribution in [3.8, 4) is 11.1 Å². The molecule has 0 bridgehead atoms. The summed E-state index contributed by atoms with van der Waals surface area (Å²) in [5, 5.41) is 3.40. The van der Waals surface area contributed by atoms with Gasteiger partial charge in [-0.1, -0.05) is 0 Å². The summed E-state index contributed by atoms with van der Waals surface area (Å²) in [6.07, 6.45) is 9.11. The van der Waals surface area contributed by atoms with E-state index in [1.807, 2.05) is 6.07 Å². The van der Waals surface area contributed by atoms with Crippen LogP contribution in [-0.4, -0.2) is 3.21 Å². The van der Waals surface area contributed by atoms with Gasteiger partial charge in [-0.15, -0.1) is 0 Å². The molecule has 0 nitrogen and oxygen atoms in total. The molecule has 5 aromatic carbocycles. The molecule has 0 atom stereocenters. The third-order valence-corrected chi connectivity index (χ3v) is 17.3. The zero-order valence-corrected chi connectivity index (χ0v) is 32.7.